The minimum absolute atomic E-state index is 0.0582. The Labute approximate surface area is 193 Å². The molecule has 0 radical (unpaired) electrons. The molecule has 178 valence electrons. The third-order valence-electron chi connectivity index (χ3n) is 7.99. The molecule has 0 N–H and O–H groups in total. The lowest BCUT2D eigenvalue weighted by Crippen LogP contribution is -2.61. The van der Waals surface area contributed by atoms with E-state index in [2.05, 4.69) is 34.6 Å². The van der Waals surface area contributed by atoms with Gasteiger partial charge in [-0.15, -0.1) is 0 Å². The van der Waals surface area contributed by atoms with E-state index >= 15 is 0 Å². The Morgan fingerprint density at radius 1 is 1.00 bits per heavy atom. The van der Waals surface area contributed by atoms with E-state index in [-0.39, 0.29) is 36.6 Å². The molecule has 3 aliphatic heterocycles. The van der Waals surface area contributed by atoms with Gasteiger partial charge in [0.2, 0.25) is 0 Å². The molecule has 4 rings (SSSR count). The predicted molar refractivity (Wildman–Crippen MR) is 123 cm³/mol. The SMILES string of the molecule is CCC1O[C@@H]2[C@H](C[C@H]1C)OC1(C[C@H](C)[C@H](C)[C@H](CC(=O)OCc3ccccc3)O1)C[C@@H]2C. The minimum Gasteiger partial charge on any atom is -0.461 e. The normalized spacial score (nSPS) is 41.8. The van der Waals surface area contributed by atoms with Crippen molar-refractivity contribution in [3.05, 3.63) is 35.9 Å². The van der Waals surface area contributed by atoms with E-state index in [1.807, 2.05) is 30.3 Å². The smallest absolute Gasteiger partial charge is 0.308 e. The lowest BCUT2D eigenvalue weighted by molar-refractivity contribution is -0.368. The highest BCUT2D eigenvalue weighted by Gasteiger charge is 2.54. The highest BCUT2D eigenvalue weighted by molar-refractivity contribution is 5.70. The van der Waals surface area contributed by atoms with Gasteiger partial charge in [-0.25, -0.2) is 0 Å². The van der Waals surface area contributed by atoms with Crippen LogP contribution in [0.15, 0.2) is 30.3 Å². The monoisotopic (exact) mass is 444 g/mol. The summed E-state index contributed by atoms with van der Waals surface area (Å²) in [6, 6.07) is 9.80. The molecule has 0 aromatic heterocycles. The van der Waals surface area contributed by atoms with E-state index in [4.69, 9.17) is 18.9 Å². The van der Waals surface area contributed by atoms with Crippen LogP contribution in [0.25, 0.3) is 0 Å². The van der Waals surface area contributed by atoms with Gasteiger partial charge in [0, 0.05) is 12.8 Å². The number of esters is 1. The maximum Gasteiger partial charge on any atom is 0.308 e. The predicted octanol–water partition coefficient (Wildman–Crippen LogP) is 5.51. The molecule has 3 heterocycles. The summed E-state index contributed by atoms with van der Waals surface area (Å²) in [4.78, 5) is 12.6. The highest BCUT2D eigenvalue weighted by atomic mass is 16.7. The summed E-state index contributed by atoms with van der Waals surface area (Å²) < 4.78 is 25.4. The third-order valence-corrected chi connectivity index (χ3v) is 7.99. The molecule has 2 unspecified atom stereocenters. The maximum atomic E-state index is 12.6. The minimum atomic E-state index is -0.626. The largest absolute Gasteiger partial charge is 0.461 e. The molecule has 0 aliphatic carbocycles. The van der Waals surface area contributed by atoms with Crippen LogP contribution in [0.4, 0.5) is 0 Å². The number of rotatable bonds is 5. The van der Waals surface area contributed by atoms with Gasteiger partial charge in [-0.05, 0) is 42.1 Å². The van der Waals surface area contributed by atoms with E-state index in [0.717, 1.165) is 31.2 Å². The van der Waals surface area contributed by atoms with Crippen molar-refractivity contribution in [3.8, 4) is 0 Å². The lowest BCUT2D eigenvalue weighted by Gasteiger charge is -2.55. The molecule has 1 aromatic carbocycles. The van der Waals surface area contributed by atoms with Crippen molar-refractivity contribution in [3.63, 3.8) is 0 Å². The number of fused-ring (bicyclic) bond motifs is 1. The van der Waals surface area contributed by atoms with Crippen LogP contribution in [-0.4, -0.2) is 36.2 Å². The molecule has 3 fully saturated rings. The quantitative estimate of drug-likeness (QED) is 0.561. The summed E-state index contributed by atoms with van der Waals surface area (Å²) in [5.41, 5.74) is 0.996. The fourth-order valence-electron chi connectivity index (χ4n) is 5.99. The molecule has 5 nitrogen and oxygen atoms in total. The number of benzene rings is 1. The summed E-state index contributed by atoms with van der Waals surface area (Å²) in [5.74, 6) is 0.683. The van der Waals surface area contributed by atoms with Crippen LogP contribution >= 0.6 is 0 Å². The van der Waals surface area contributed by atoms with Gasteiger partial charge in [-0.1, -0.05) is 65.0 Å². The topological polar surface area (TPSA) is 54.0 Å². The van der Waals surface area contributed by atoms with Crippen molar-refractivity contribution < 1.29 is 23.7 Å². The van der Waals surface area contributed by atoms with Crippen LogP contribution in [0.2, 0.25) is 0 Å². The molecule has 5 heteroatoms. The van der Waals surface area contributed by atoms with Crippen LogP contribution < -0.4 is 0 Å². The van der Waals surface area contributed by atoms with E-state index in [1.165, 1.54) is 0 Å². The zero-order chi connectivity index (χ0) is 22.9. The summed E-state index contributed by atoms with van der Waals surface area (Å²) >= 11 is 0. The van der Waals surface area contributed by atoms with Gasteiger partial charge in [0.1, 0.15) is 6.61 Å². The Bertz CT molecular complexity index is 767. The van der Waals surface area contributed by atoms with Gasteiger partial charge >= 0.3 is 5.97 Å². The molecule has 0 saturated carbocycles. The van der Waals surface area contributed by atoms with Crippen molar-refractivity contribution in [1.29, 1.82) is 0 Å². The van der Waals surface area contributed by atoms with Crippen molar-refractivity contribution >= 4 is 5.97 Å². The number of hydrogen-bond acceptors (Lipinski definition) is 5. The first-order valence-electron chi connectivity index (χ1n) is 12.5. The second-order valence-electron chi connectivity index (χ2n) is 10.6. The van der Waals surface area contributed by atoms with Crippen LogP contribution in [0, 0.1) is 23.7 Å². The van der Waals surface area contributed by atoms with Crippen LogP contribution in [0.5, 0.6) is 0 Å². The van der Waals surface area contributed by atoms with Crippen LogP contribution in [-0.2, 0) is 30.3 Å². The summed E-state index contributed by atoms with van der Waals surface area (Å²) in [5, 5.41) is 0. The Morgan fingerprint density at radius 2 is 1.72 bits per heavy atom. The fourth-order valence-corrected chi connectivity index (χ4v) is 5.99. The van der Waals surface area contributed by atoms with Gasteiger partial charge in [0.25, 0.3) is 0 Å². The van der Waals surface area contributed by atoms with E-state index in [1.54, 1.807) is 0 Å². The molecule has 0 amide bonds. The van der Waals surface area contributed by atoms with Gasteiger partial charge in [-0.3, -0.25) is 4.79 Å². The fraction of sp³-hybridized carbons (Fsp3) is 0.741. The number of hydrogen-bond donors (Lipinski definition) is 0. The average Bonchev–Trinajstić information content (AvgIpc) is 2.76. The molecule has 3 saturated heterocycles. The number of carbonyl (C=O) groups excluding carboxylic acids is 1. The van der Waals surface area contributed by atoms with Gasteiger partial charge in [-0.2, -0.15) is 0 Å². The number of carbonyl (C=O) groups is 1. The van der Waals surface area contributed by atoms with E-state index in [9.17, 15) is 4.79 Å². The van der Waals surface area contributed by atoms with Gasteiger partial charge < -0.3 is 18.9 Å². The molecule has 1 aromatic rings. The highest BCUT2D eigenvalue weighted by Crippen LogP contribution is 2.49. The third kappa shape index (κ3) is 5.05. The lowest BCUT2D eigenvalue weighted by atomic mass is 9.75. The van der Waals surface area contributed by atoms with Crippen molar-refractivity contribution in [2.45, 2.75) is 104 Å². The maximum absolute atomic E-state index is 12.6. The molecule has 0 bridgehead atoms. The Balaban J connectivity index is 1.41. The summed E-state index contributed by atoms with van der Waals surface area (Å²) in [6.45, 7) is 11.5. The first-order valence-corrected chi connectivity index (χ1v) is 12.5. The zero-order valence-corrected chi connectivity index (χ0v) is 20.3. The van der Waals surface area contributed by atoms with Crippen LogP contribution in [0.3, 0.4) is 0 Å². The summed E-state index contributed by atoms with van der Waals surface area (Å²) in [6.07, 6.45) is 4.29. The first kappa shape index (κ1) is 23.7. The van der Waals surface area contributed by atoms with Crippen LogP contribution in [0.1, 0.15) is 72.3 Å². The van der Waals surface area contributed by atoms with Gasteiger partial charge in [0.15, 0.2) is 5.79 Å². The van der Waals surface area contributed by atoms with Gasteiger partial charge in [0.05, 0.1) is 30.8 Å². The molecule has 3 aliphatic rings. The second-order valence-corrected chi connectivity index (χ2v) is 10.6. The Kier molecular flexibility index (Phi) is 7.28. The number of ether oxygens (including phenoxy) is 4. The van der Waals surface area contributed by atoms with Crippen molar-refractivity contribution in [2.24, 2.45) is 23.7 Å². The van der Waals surface area contributed by atoms with Crippen molar-refractivity contribution in [2.75, 3.05) is 0 Å². The molecule has 9 atom stereocenters. The standard InChI is InChI=1S/C27H40O5/c1-6-22-17(2)12-24-26(30-22)19(4)15-27(32-24)14-18(3)20(5)23(31-27)13-25(28)29-16-21-10-8-7-9-11-21/h7-11,17-20,22-24,26H,6,12-16H2,1-5H3/t17-,18+,19+,20+,22?,23+,24+,26+,27?/m1/s1. The van der Waals surface area contributed by atoms with Crippen molar-refractivity contribution in [1.82, 2.24) is 0 Å². The molecule has 32 heavy (non-hydrogen) atoms. The first-order chi connectivity index (χ1) is 15.3. The second kappa shape index (κ2) is 9.82. The molecular formula is C27H40O5. The van der Waals surface area contributed by atoms with E-state index < -0.39 is 5.79 Å². The van der Waals surface area contributed by atoms with E-state index in [0.29, 0.717) is 30.5 Å². The average molecular weight is 445 g/mol. The molecular weight excluding hydrogens is 404 g/mol. The Morgan fingerprint density at radius 3 is 2.44 bits per heavy atom. The summed E-state index contributed by atoms with van der Waals surface area (Å²) in [7, 11) is 0. The molecule has 1 spiro atoms. The Hall–Kier alpha value is -1.43. The zero-order valence-electron chi connectivity index (χ0n) is 20.3.